The molecular weight excluding hydrogens is 352 g/mol. The summed E-state index contributed by atoms with van der Waals surface area (Å²) >= 11 is 0. The minimum absolute atomic E-state index is 0.153. The lowest BCUT2D eigenvalue weighted by molar-refractivity contribution is -0.131. The molecule has 0 fully saturated rings. The Hall–Kier alpha value is -2.18. The van der Waals surface area contributed by atoms with Crippen LogP contribution in [-0.2, 0) is 25.5 Å². The molecular formula is C20H24O5S. The SMILES string of the molecule is CC(=O)Oc1ccc(CCCCOS(=O)(=O)c2ccc(C)cc2)cc1C. The molecule has 2 aromatic carbocycles. The second-order valence-corrected chi connectivity index (χ2v) is 7.86. The first-order valence-electron chi connectivity index (χ1n) is 8.52. The standard InChI is InChI=1S/C20H24O5S/c1-15-7-10-19(11-8-15)26(22,23)24-13-5-4-6-18-9-12-20(16(2)14-18)25-17(3)21/h7-12,14H,4-6,13H2,1-3H3. The van der Waals surface area contributed by atoms with Gasteiger partial charge in [-0.25, -0.2) is 0 Å². The molecule has 26 heavy (non-hydrogen) atoms. The van der Waals surface area contributed by atoms with E-state index in [-0.39, 0.29) is 17.5 Å². The molecule has 0 spiro atoms. The first-order chi connectivity index (χ1) is 12.3. The Bertz CT molecular complexity index is 854. The summed E-state index contributed by atoms with van der Waals surface area (Å²) in [6, 6.07) is 12.3. The minimum atomic E-state index is -3.69. The van der Waals surface area contributed by atoms with E-state index in [4.69, 9.17) is 8.92 Å². The molecule has 0 aliphatic carbocycles. The van der Waals surface area contributed by atoms with Gasteiger partial charge in [0.05, 0.1) is 11.5 Å². The topological polar surface area (TPSA) is 69.7 Å². The molecule has 0 amide bonds. The third-order valence-electron chi connectivity index (χ3n) is 3.90. The number of hydrogen-bond donors (Lipinski definition) is 0. The van der Waals surface area contributed by atoms with Gasteiger partial charge in [0.1, 0.15) is 5.75 Å². The van der Waals surface area contributed by atoms with Gasteiger partial charge >= 0.3 is 5.97 Å². The van der Waals surface area contributed by atoms with Crippen molar-refractivity contribution in [2.75, 3.05) is 6.61 Å². The zero-order valence-electron chi connectivity index (χ0n) is 15.3. The van der Waals surface area contributed by atoms with Crippen molar-refractivity contribution < 1.29 is 22.1 Å². The number of aryl methyl sites for hydroxylation is 3. The van der Waals surface area contributed by atoms with Crippen LogP contribution in [0.3, 0.4) is 0 Å². The zero-order valence-corrected chi connectivity index (χ0v) is 16.1. The lowest BCUT2D eigenvalue weighted by Gasteiger charge is -2.08. The molecule has 0 aliphatic rings. The predicted molar refractivity (Wildman–Crippen MR) is 99.7 cm³/mol. The summed E-state index contributed by atoms with van der Waals surface area (Å²) < 4.78 is 34.4. The van der Waals surface area contributed by atoms with Gasteiger partial charge < -0.3 is 4.74 Å². The number of esters is 1. The Balaban J connectivity index is 1.79. The Labute approximate surface area is 155 Å². The van der Waals surface area contributed by atoms with E-state index in [1.165, 1.54) is 6.92 Å². The van der Waals surface area contributed by atoms with Gasteiger partial charge in [-0.15, -0.1) is 0 Å². The van der Waals surface area contributed by atoms with Gasteiger partial charge in [-0.3, -0.25) is 8.98 Å². The number of benzene rings is 2. The highest BCUT2D eigenvalue weighted by Gasteiger charge is 2.14. The van der Waals surface area contributed by atoms with Crippen molar-refractivity contribution in [2.45, 2.75) is 44.9 Å². The van der Waals surface area contributed by atoms with Crippen LogP contribution >= 0.6 is 0 Å². The van der Waals surface area contributed by atoms with Gasteiger partial charge in [0, 0.05) is 6.92 Å². The van der Waals surface area contributed by atoms with Gasteiger partial charge in [0.25, 0.3) is 10.1 Å². The first kappa shape index (κ1) is 20.1. The zero-order chi connectivity index (χ0) is 19.2. The molecule has 2 aromatic rings. The van der Waals surface area contributed by atoms with Crippen molar-refractivity contribution in [3.05, 3.63) is 59.2 Å². The van der Waals surface area contributed by atoms with Gasteiger partial charge in [0.2, 0.25) is 0 Å². The average molecular weight is 376 g/mol. The summed E-state index contributed by atoms with van der Waals surface area (Å²) in [6.07, 6.45) is 2.24. The maximum atomic E-state index is 12.1. The van der Waals surface area contributed by atoms with Crippen LogP contribution < -0.4 is 4.74 Å². The molecule has 0 saturated heterocycles. The van der Waals surface area contributed by atoms with E-state index in [1.807, 2.05) is 26.0 Å². The fourth-order valence-electron chi connectivity index (χ4n) is 2.51. The van der Waals surface area contributed by atoms with Crippen molar-refractivity contribution >= 4 is 16.1 Å². The van der Waals surface area contributed by atoms with Gasteiger partial charge in [-0.1, -0.05) is 29.8 Å². The maximum absolute atomic E-state index is 12.1. The lowest BCUT2D eigenvalue weighted by atomic mass is 10.1. The lowest BCUT2D eigenvalue weighted by Crippen LogP contribution is -2.08. The first-order valence-corrected chi connectivity index (χ1v) is 9.93. The molecule has 0 N–H and O–H groups in total. The van der Waals surface area contributed by atoms with Crippen LogP contribution in [-0.4, -0.2) is 21.0 Å². The predicted octanol–water partition coefficient (Wildman–Crippen LogP) is 3.96. The molecule has 0 saturated carbocycles. The fraction of sp³-hybridized carbons (Fsp3) is 0.350. The summed E-state index contributed by atoms with van der Waals surface area (Å²) in [5.74, 6) is 0.224. The summed E-state index contributed by atoms with van der Waals surface area (Å²) in [7, 11) is -3.69. The summed E-state index contributed by atoms with van der Waals surface area (Å²) in [4.78, 5) is 11.2. The van der Waals surface area contributed by atoms with Crippen LogP contribution in [0, 0.1) is 13.8 Å². The van der Waals surface area contributed by atoms with E-state index >= 15 is 0 Å². The second-order valence-electron chi connectivity index (χ2n) is 6.24. The molecule has 0 aliphatic heterocycles. The highest BCUT2D eigenvalue weighted by atomic mass is 32.2. The molecule has 0 bridgehead atoms. The molecule has 0 unspecified atom stereocenters. The Morgan fingerprint density at radius 1 is 1.00 bits per heavy atom. The number of unbranched alkanes of at least 4 members (excludes halogenated alkanes) is 1. The smallest absolute Gasteiger partial charge is 0.308 e. The third-order valence-corrected chi connectivity index (χ3v) is 5.23. The van der Waals surface area contributed by atoms with E-state index in [1.54, 1.807) is 30.3 Å². The number of ether oxygens (including phenoxy) is 1. The van der Waals surface area contributed by atoms with Crippen molar-refractivity contribution in [3.63, 3.8) is 0 Å². The third kappa shape index (κ3) is 5.97. The number of rotatable bonds is 8. The number of carbonyl (C=O) groups excluding carboxylic acids is 1. The van der Waals surface area contributed by atoms with Crippen LogP contribution in [0.4, 0.5) is 0 Å². The highest BCUT2D eigenvalue weighted by Crippen LogP contribution is 2.20. The van der Waals surface area contributed by atoms with Crippen LogP contribution in [0.2, 0.25) is 0 Å². The molecule has 0 aromatic heterocycles. The van der Waals surface area contributed by atoms with E-state index in [2.05, 4.69) is 0 Å². The Morgan fingerprint density at radius 3 is 2.31 bits per heavy atom. The van der Waals surface area contributed by atoms with Crippen LogP contribution in [0.15, 0.2) is 47.4 Å². The Morgan fingerprint density at radius 2 is 1.69 bits per heavy atom. The highest BCUT2D eigenvalue weighted by molar-refractivity contribution is 7.86. The molecule has 5 nitrogen and oxygen atoms in total. The van der Waals surface area contributed by atoms with Crippen molar-refractivity contribution in [1.29, 1.82) is 0 Å². The van der Waals surface area contributed by atoms with Gasteiger partial charge in [-0.05, 0) is 62.4 Å². The van der Waals surface area contributed by atoms with E-state index < -0.39 is 10.1 Å². The second kappa shape index (κ2) is 8.96. The summed E-state index contributed by atoms with van der Waals surface area (Å²) in [5.41, 5.74) is 3.01. The van der Waals surface area contributed by atoms with Crippen LogP contribution in [0.1, 0.15) is 36.5 Å². The fourth-order valence-corrected chi connectivity index (χ4v) is 3.45. The largest absolute Gasteiger partial charge is 0.426 e. The maximum Gasteiger partial charge on any atom is 0.308 e. The quantitative estimate of drug-likeness (QED) is 0.302. The molecule has 0 atom stereocenters. The van der Waals surface area contributed by atoms with Gasteiger partial charge in [0.15, 0.2) is 0 Å². The van der Waals surface area contributed by atoms with E-state index in [9.17, 15) is 13.2 Å². The Kier molecular flexibility index (Phi) is 6.94. The van der Waals surface area contributed by atoms with Crippen LogP contribution in [0.25, 0.3) is 0 Å². The van der Waals surface area contributed by atoms with Crippen molar-refractivity contribution in [2.24, 2.45) is 0 Å². The normalized spacial score (nSPS) is 11.3. The van der Waals surface area contributed by atoms with E-state index in [0.717, 1.165) is 29.5 Å². The average Bonchev–Trinajstić information content (AvgIpc) is 2.57. The molecule has 6 heteroatoms. The minimum Gasteiger partial charge on any atom is -0.426 e. The molecule has 140 valence electrons. The van der Waals surface area contributed by atoms with Gasteiger partial charge in [-0.2, -0.15) is 8.42 Å². The number of carbonyl (C=O) groups is 1. The number of hydrogen-bond acceptors (Lipinski definition) is 5. The van der Waals surface area contributed by atoms with E-state index in [0.29, 0.717) is 12.2 Å². The van der Waals surface area contributed by atoms with Crippen LogP contribution in [0.5, 0.6) is 5.75 Å². The monoisotopic (exact) mass is 376 g/mol. The summed E-state index contributed by atoms with van der Waals surface area (Å²) in [5, 5.41) is 0. The summed E-state index contributed by atoms with van der Waals surface area (Å²) in [6.45, 7) is 5.31. The molecule has 0 heterocycles. The molecule has 2 rings (SSSR count). The van der Waals surface area contributed by atoms with Crippen molar-refractivity contribution in [3.8, 4) is 5.75 Å². The van der Waals surface area contributed by atoms with Crippen molar-refractivity contribution in [1.82, 2.24) is 0 Å². The molecule has 0 radical (unpaired) electrons.